The van der Waals surface area contributed by atoms with E-state index in [-0.39, 0.29) is 11.7 Å². The Morgan fingerprint density at radius 2 is 1.92 bits per heavy atom. The molecule has 0 bridgehead atoms. The molecule has 1 heterocycles. The molecular weight excluding hydrogens is 329 g/mol. The van der Waals surface area contributed by atoms with E-state index >= 15 is 0 Å². The molecule has 3 rings (SSSR count). The number of nitrogens with one attached hydrogen (secondary N) is 1. The Balaban J connectivity index is 1.72. The largest absolute Gasteiger partial charge is 0.345 e. The van der Waals surface area contributed by atoms with Gasteiger partial charge in [-0.3, -0.25) is 4.79 Å². The second-order valence-corrected chi connectivity index (χ2v) is 7.07. The third-order valence-corrected chi connectivity index (χ3v) is 4.24. The zero-order chi connectivity index (χ0) is 18.7. The number of halogens is 1. The molecule has 4 nitrogen and oxygen atoms in total. The Morgan fingerprint density at radius 1 is 1.15 bits per heavy atom. The van der Waals surface area contributed by atoms with Gasteiger partial charge in [-0.15, -0.1) is 0 Å². The van der Waals surface area contributed by atoms with Gasteiger partial charge in [-0.2, -0.15) is 5.10 Å². The van der Waals surface area contributed by atoms with Crippen molar-refractivity contribution < 1.29 is 9.18 Å². The number of carbonyl (C=O) groups excluding carboxylic acids is 1. The summed E-state index contributed by atoms with van der Waals surface area (Å²) in [5.74, 6) is -0.595. The summed E-state index contributed by atoms with van der Waals surface area (Å²) in [5.41, 5.74) is 2.84. The van der Waals surface area contributed by atoms with Crippen molar-refractivity contribution in [3.05, 3.63) is 83.4 Å². The summed E-state index contributed by atoms with van der Waals surface area (Å²) < 4.78 is 14.9. The number of aryl methyl sites for hydroxylation is 1. The maximum Gasteiger partial charge on any atom is 0.272 e. The molecule has 0 aliphatic rings. The Morgan fingerprint density at radius 3 is 2.65 bits per heavy atom. The molecule has 0 saturated carbocycles. The Hall–Kier alpha value is -2.95. The van der Waals surface area contributed by atoms with E-state index < -0.39 is 5.54 Å². The van der Waals surface area contributed by atoms with Gasteiger partial charge in [-0.25, -0.2) is 9.07 Å². The van der Waals surface area contributed by atoms with E-state index in [4.69, 9.17) is 0 Å². The maximum atomic E-state index is 13.4. The topological polar surface area (TPSA) is 46.9 Å². The number of carbonyl (C=O) groups is 1. The fraction of sp³-hybridized carbons (Fsp3) is 0.238. The van der Waals surface area contributed by atoms with Gasteiger partial charge < -0.3 is 5.32 Å². The van der Waals surface area contributed by atoms with Crippen molar-refractivity contribution in [2.75, 3.05) is 0 Å². The Kier molecular flexibility index (Phi) is 4.89. The third-order valence-electron chi connectivity index (χ3n) is 4.24. The molecule has 0 fully saturated rings. The summed E-state index contributed by atoms with van der Waals surface area (Å²) in [4.78, 5) is 12.6. The fourth-order valence-electron chi connectivity index (χ4n) is 2.91. The first-order valence-corrected chi connectivity index (χ1v) is 8.53. The van der Waals surface area contributed by atoms with Crippen LogP contribution in [0.2, 0.25) is 0 Å². The van der Waals surface area contributed by atoms with Crippen LogP contribution in [0.4, 0.5) is 4.39 Å². The lowest BCUT2D eigenvalue weighted by Crippen LogP contribution is -2.45. The molecule has 26 heavy (non-hydrogen) atoms. The minimum absolute atomic E-state index is 0.251. The highest BCUT2D eigenvalue weighted by Crippen LogP contribution is 2.17. The number of nitrogens with zero attached hydrogens (tertiary/aromatic N) is 2. The SMILES string of the molecule is Cc1ccccc1CC(C)(C)NC(=O)c1ccn(-c2cccc(F)c2)n1. The van der Waals surface area contributed by atoms with Gasteiger partial charge in [0, 0.05) is 11.7 Å². The van der Waals surface area contributed by atoms with Crippen LogP contribution in [-0.4, -0.2) is 21.2 Å². The molecule has 0 radical (unpaired) electrons. The van der Waals surface area contributed by atoms with E-state index in [0.29, 0.717) is 11.4 Å². The second kappa shape index (κ2) is 7.12. The van der Waals surface area contributed by atoms with E-state index in [2.05, 4.69) is 29.5 Å². The van der Waals surface area contributed by atoms with E-state index in [9.17, 15) is 9.18 Å². The molecule has 1 N–H and O–H groups in total. The maximum absolute atomic E-state index is 13.4. The minimum atomic E-state index is -0.425. The molecule has 0 unspecified atom stereocenters. The zero-order valence-electron chi connectivity index (χ0n) is 15.2. The first kappa shape index (κ1) is 17.9. The molecule has 0 atom stereocenters. The van der Waals surface area contributed by atoms with Crippen LogP contribution in [0.1, 0.15) is 35.5 Å². The Labute approximate surface area is 152 Å². The molecule has 0 aliphatic carbocycles. The lowest BCUT2D eigenvalue weighted by atomic mass is 9.92. The van der Waals surface area contributed by atoms with Crippen LogP contribution < -0.4 is 5.32 Å². The molecule has 0 spiro atoms. The first-order chi connectivity index (χ1) is 12.3. The molecule has 0 aliphatic heterocycles. The normalized spacial score (nSPS) is 11.4. The van der Waals surface area contributed by atoms with Crippen molar-refractivity contribution in [2.45, 2.75) is 32.7 Å². The lowest BCUT2D eigenvalue weighted by Gasteiger charge is -2.26. The number of hydrogen-bond acceptors (Lipinski definition) is 2. The Bertz CT molecular complexity index is 930. The summed E-state index contributed by atoms with van der Waals surface area (Å²) >= 11 is 0. The van der Waals surface area contributed by atoms with Gasteiger partial charge >= 0.3 is 0 Å². The predicted molar refractivity (Wildman–Crippen MR) is 100.0 cm³/mol. The number of rotatable bonds is 5. The van der Waals surface area contributed by atoms with Crippen LogP contribution in [0, 0.1) is 12.7 Å². The lowest BCUT2D eigenvalue weighted by molar-refractivity contribution is 0.0907. The van der Waals surface area contributed by atoms with E-state index in [0.717, 1.165) is 6.42 Å². The predicted octanol–water partition coefficient (Wildman–Crippen LogP) is 4.07. The van der Waals surface area contributed by atoms with Crippen molar-refractivity contribution in [1.29, 1.82) is 0 Å². The highest BCUT2D eigenvalue weighted by molar-refractivity contribution is 5.92. The van der Waals surface area contributed by atoms with Crippen molar-refractivity contribution in [2.24, 2.45) is 0 Å². The number of aromatic nitrogens is 2. The second-order valence-electron chi connectivity index (χ2n) is 7.07. The number of hydrogen-bond donors (Lipinski definition) is 1. The van der Waals surface area contributed by atoms with E-state index in [1.807, 2.05) is 26.0 Å². The van der Waals surface area contributed by atoms with Crippen molar-refractivity contribution in [3.63, 3.8) is 0 Å². The van der Waals surface area contributed by atoms with E-state index in [1.54, 1.807) is 24.4 Å². The molecule has 134 valence electrons. The van der Waals surface area contributed by atoms with Crippen LogP contribution in [0.15, 0.2) is 60.8 Å². The van der Waals surface area contributed by atoms with Crippen LogP contribution >= 0.6 is 0 Å². The van der Waals surface area contributed by atoms with E-state index in [1.165, 1.54) is 27.9 Å². The molecule has 0 saturated heterocycles. The quantitative estimate of drug-likeness (QED) is 0.753. The summed E-state index contributed by atoms with van der Waals surface area (Å²) in [6.07, 6.45) is 2.37. The number of benzene rings is 2. The molecule has 2 aromatic carbocycles. The number of amides is 1. The van der Waals surface area contributed by atoms with Gasteiger partial charge in [0.25, 0.3) is 5.91 Å². The van der Waals surface area contributed by atoms with Crippen molar-refractivity contribution in [3.8, 4) is 5.69 Å². The van der Waals surface area contributed by atoms with Crippen LogP contribution in [0.5, 0.6) is 0 Å². The van der Waals surface area contributed by atoms with Crippen molar-refractivity contribution in [1.82, 2.24) is 15.1 Å². The highest BCUT2D eigenvalue weighted by atomic mass is 19.1. The average Bonchev–Trinajstić information content (AvgIpc) is 3.07. The van der Waals surface area contributed by atoms with Gasteiger partial charge in [0.05, 0.1) is 5.69 Å². The standard InChI is InChI=1S/C21H22FN3O/c1-15-7-4-5-8-16(15)14-21(2,3)23-20(26)19-11-12-25(24-19)18-10-6-9-17(22)13-18/h4-13H,14H2,1-3H3,(H,23,26). The molecule has 1 aromatic heterocycles. The fourth-order valence-corrected chi connectivity index (χ4v) is 2.91. The van der Waals surface area contributed by atoms with Gasteiger partial charge in [0.1, 0.15) is 5.82 Å². The molecule has 1 amide bonds. The van der Waals surface area contributed by atoms with Gasteiger partial charge in [-0.1, -0.05) is 30.3 Å². The monoisotopic (exact) mass is 351 g/mol. The minimum Gasteiger partial charge on any atom is -0.345 e. The highest BCUT2D eigenvalue weighted by Gasteiger charge is 2.23. The van der Waals surface area contributed by atoms with Gasteiger partial charge in [-0.05, 0) is 62.6 Å². The summed E-state index contributed by atoms with van der Waals surface area (Å²) in [6.45, 7) is 6.04. The van der Waals surface area contributed by atoms with Crippen LogP contribution in [0.3, 0.4) is 0 Å². The van der Waals surface area contributed by atoms with Crippen LogP contribution in [-0.2, 0) is 6.42 Å². The average molecular weight is 351 g/mol. The first-order valence-electron chi connectivity index (χ1n) is 8.53. The smallest absolute Gasteiger partial charge is 0.272 e. The molecule has 5 heteroatoms. The van der Waals surface area contributed by atoms with Crippen molar-refractivity contribution >= 4 is 5.91 Å². The van der Waals surface area contributed by atoms with Crippen LogP contribution in [0.25, 0.3) is 5.69 Å². The summed E-state index contributed by atoms with van der Waals surface area (Å²) in [5, 5.41) is 7.30. The summed E-state index contributed by atoms with van der Waals surface area (Å²) in [7, 11) is 0. The summed E-state index contributed by atoms with van der Waals surface area (Å²) in [6, 6.07) is 15.9. The zero-order valence-corrected chi connectivity index (χ0v) is 15.2. The molecule has 3 aromatic rings. The molecular formula is C21H22FN3O. The van der Waals surface area contributed by atoms with Gasteiger partial charge in [0.2, 0.25) is 0 Å². The van der Waals surface area contributed by atoms with Gasteiger partial charge in [0.15, 0.2) is 5.69 Å². The third kappa shape index (κ3) is 4.17.